The van der Waals surface area contributed by atoms with Gasteiger partial charge in [-0.05, 0) is 18.6 Å². The zero-order chi connectivity index (χ0) is 24.3. The van der Waals surface area contributed by atoms with Gasteiger partial charge in [-0.2, -0.15) is 0 Å². The second-order valence-corrected chi connectivity index (χ2v) is 7.39. The van der Waals surface area contributed by atoms with Crippen LogP contribution in [0.5, 0.6) is 5.88 Å². The fourth-order valence-corrected chi connectivity index (χ4v) is 3.26. The molecular formula is C23H30N6O5. The molecule has 0 unspecified atom stereocenters. The van der Waals surface area contributed by atoms with Gasteiger partial charge in [-0.25, -0.2) is 9.97 Å². The first kappa shape index (κ1) is 25.1. The third-order valence-electron chi connectivity index (χ3n) is 4.90. The van der Waals surface area contributed by atoms with Crippen molar-refractivity contribution in [3.8, 4) is 17.1 Å². The Kier molecular flexibility index (Phi) is 9.30. The Hall–Kier alpha value is -3.57. The maximum absolute atomic E-state index is 13.2. The van der Waals surface area contributed by atoms with E-state index in [1.54, 1.807) is 30.1 Å². The summed E-state index contributed by atoms with van der Waals surface area (Å²) in [5.74, 6) is 0.459. The van der Waals surface area contributed by atoms with Crippen molar-refractivity contribution in [2.24, 2.45) is 0 Å². The average molecular weight is 471 g/mol. The number of carbonyl (C=O) groups excluding carboxylic acids is 1. The van der Waals surface area contributed by atoms with Crippen LogP contribution in [0.1, 0.15) is 13.3 Å². The van der Waals surface area contributed by atoms with Crippen LogP contribution in [-0.2, 0) is 20.8 Å². The predicted octanol–water partition coefficient (Wildman–Crippen LogP) is 1.46. The minimum Gasteiger partial charge on any atom is -0.481 e. The summed E-state index contributed by atoms with van der Waals surface area (Å²) >= 11 is 0. The van der Waals surface area contributed by atoms with Crippen molar-refractivity contribution in [3.05, 3.63) is 40.9 Å². The molecule has 0 bridgehead atoms. The fourth-order valence-electron chi connectivity index (χ4n) is 3.26. The molecule has 0 saturated carbocycles. The van der Waals surface area contributed by atoms with Gasteiger partial charge in [0, 0.05) is 51.2 Å². The Balaban J connectivity index is 1.89. The number of carbonyl (C=O) groups is 1. The summed E-state index contributed by atoms with van der Waals surface area (Å²) < 4.78 is 17.1. The van der Waals surface area contributed by atoms with E-state index in [1.807, 2.05) is 19.1 Å². The van der Waals surface area contributed by atoms with Crippen LogP contribution >= 0.6 is 0 Å². The summed E-state index contributed by atoms with van der Waals surface area (Å²) in [6.07, 6.45) is 4.19. The van der Waals surface area contributed by atoms with Crippen LogP contribution in [0.25, 0.3) is 22.3 Å². The Morgan fingerprint density at radius 3 is 2.68 bits per heavy atom. The van der Waals surface area contributed by atoms with Crippen molar-refractivity contribution in [2.75, 3.05) is 52.4 Å². The van der Waals surface area contributed by atoms with Gasteiger partial charge in [0.25, 0.3) is 5.56 Å². The smallest absolute Gasteiger partial charge is 0.293 e. The summed E-state index contributed by atoms with van der Waals surface area (Å²) in [5.41, 5.74) is 2.38. The number of methoxy groups -OCH3 is 2. The lowest BCUT2D eigenvalue weighted by Gasteiger charge is -2.14. The molecule has 34 heavy (non-hydrogen) atoms. The summed E-state index contributed by atoms with van der Waals surface area (Å²) in [5, 5.41) is 5.71. The molecule has 0 aliphatic rings. The van der Waals surface area contributed by atoms with E-state index in [9.17, 15) is 9.59 Å². The minimum absolute atomic E-state index is 0.0174. The normalized spacial score (nSPS) is 10.9. The predicted molar refractivity (Wildman–Crippen MR) is 128 cm³/mol. The quantitative estimate of drug-likeness (QED) is 0.357. The molecule has 3 heterocycles. The van der Waals surface area contributed by atoms with Gasteiger partial charge in [0.2, 0.25) is 11.8 Å². The number of pyridine rings is 2. The van der Waals surface area contributed by atoms with Crippen molar-refractivity contribution in [1.82, 2.24) is 24.8 Å². The van der Waals surface area contributed by atoms with Gasteiger partial charge in [0.1, 0.15) is 12.1 Å². The average Bonchev–Trinajstić information content (AvgIpc) is 2.86. The molecule has 1 amide bonds. The highest BCUT2D eigenvalue weighted by Gasteiger charge is 2.13. The molecule has 0 radical (unpaired) electrons. The number of aromatic nitrogens is 4. The zero-order valence-electron chi connectivity index (χ0n) is 19.7. The number of nitrogens with zero attached hydrogens (tertiary/aromatic N) is 4. The van der Waals surface area contributed by atoms with E-state index in [4.69, 9.17) is 14.2 Å². The van der Waals surface area contributed by atoms with Gasteiger partial charge in [0.15, 0.2) is 5.82 Å². The number of ether oxygens (including phenoxy) is 3. The molecule has 11 heteroatoms. The van der Waals surface area contributed by atoms with Crippen LogP contribution in [0.15, 0.2) is 35.4 Å². The van der Waals surface area contributed by atoms with Crippen LogP contribution < -0.4 is 20.9 Å². The molecular weight excluding hydrogens is 440 g/mol. The molecule has 0 aliphatic heterocycles. The number of nitrogens with one attached hydrogen (secondary N) is 2. The molecule has 0 aliphatic carbocycles. The first-order valence-corrected chi connectivity index (χ1v) is 11.1. The van der Waals surface area contributed by atoms with Crippen molar-refractivity contribution in [3.63, 3.8) is 0 Å². The number of anilines is 1. The van der Waals surface area contributed by atoms with Crippen LogP contribution in [0.2, 0.25) is 0 Å². The Morgan fingerprint density at radius 2 is 1.97 bits per heavy atom. The summed E-state index contributed by atoms with van der Waals surface area (Å²) in [7, 11) is 3.01. The van der Waals surface area contributed by atoms with Gasteiger partial charge in [0.05, 0.1) is 31.1 Å². The highest BCUT2D eigenvalue weighted by molar-refractivity contribution is 5.80. The highest BCUT2D eigenvalue weighted by Crippen LogP contribution is 2.22. The monoisotopic (exact) mass is 470 g/mol. The largest absolute Gasteiger partial charge is 0.481 e. The fraction of sp³-hybridized carbons (Fsp3) is 0.435. The standard InChI is InChI=1S/C23H30N6O5/c1-4-10-34-11-9-29-19-12-17(16-5-6-21(33-3)27-13-16)26-14-18(19)28-22(23(29)31)25-8-7-24-20(30)15-32-2/h5-6,12-14H,4,7-11,15H2,1-3H3,(H,24,30)(H,25,28). The van der Waals surface area contributed by atoms with Crippen molar-refractivity contribution >= 4 is 22.8 Å². The molecule has 11 nitrogen and oxygen atoms in total. The molecule has 3 aromatic rings. The summed E-state index contributed by atoms with van der Waals surface area (Å²) in [6, 6.07) is 5.43. The lowest BCUT2D eigenvalue weighted by Crippen LogP contribution is -2.33. The molecule has 0 aromatic carbocycles. The van der Waals surface area contributed by atoms with E-state index in [0.717, 1.165) is 12.0 Å². The Morgan fingerprint density at radius 1 is 1.12 bits per heavy atom. The first-order chi connectivity index (χ1) is 16.6. The molecule has 2 N–H and O–H groups in total. The first-order valence-electron chi connectivity index (χ1n) is 11.1. The maximum atomic E-state index is 13.2. The molecule has 0 saturated heterocycles. The Bertz CT molecular complexity index is 1150. The van der Waals surface area contributed by atoms with E-state index in [1.165, 1.54) is 7.11 Å². The van der Waals surface area contributed by atoms with Gasteiger partial charge in [-0.3, -0.25) is 14.6 Å². The molecule has 3 rings (SSSR count). The molecule has 0 spiro atoms. The van der Waals surface area contributed by atoms with Crippen LogP contribution in [0, 0.1) is 0 Å². The van der Waals surface area contributed by atoms with Gasteiger partial charge in [-0.15, -0.1) is 0 Å². The second kappa shape index (κ2) is 12.6. The minimum atomic E-state index is -0.277. The van der Waals surface area contributed by atoms with Crippen LogP contribution in [-0.4, -0.2) is 72.6 Å². The topological polar surface area (TPSA) is 129 Å². The number of hydrogen-bond acceptors (Lipinski definition) is 9. The highest BCUT2D eigenvalue weighted by atomic mass is 16.5. The van der Waals surface area contributed by atoms with E-state index >= 15 is 0 Å². The lowest BCUT2D eigenvalue weighted by molar-refractivity contribution is -0.124. The number of rotatable bonds is 13. The number of fused-ring (bicyclic) bond motifs is 1. The van der Waals surface area contributed by atoms with Gasteiger partial charge >= 0.3 is 0 Å². The van der Waals surface area contributed by atoms with Crippen LogP contribution in [0.4, 0.5) is 5.82 Å². The van der Waals surface area contributed by atoms with Gasteiger partial charge < -0.3 is 29.4 Å². The van der Waals surface area contributed by atoms with Crippen molar-refractivity contribution < 1.29 is 19.0 Å². The second-order valence-electron chi connectivity index (χ2n) is 7.39. The third-order valence-corrected chi connectivity index (χ3v) is 4.90. The zero-order valence-corrected chi connectivity index (χ0v) is 19.7. The summed E-state index contributed by atoms with van der Waals surface area (Å²) in [4.78, 5) is 38.0. The third kappa shape index (κ3) is 6.49. The van der Waals surface area contributed by atoms with Crippen LogP contribution in [0.3, 0.4) is 0 Å². The maximum Gasteiger partial charge on any atom is 0.293 e. The molecule has 0 fully saturated rings. The SMILES string of the molecule is CCCOCCn1c(=O)c(NCCNC(=O)COC)nc2cnc(-c3ccc(OC)nc3)cc21. The van der Waals surface area contributed by atoms with E-state index in [2.05, 4.69) is 25.6 Å². The number of amides is 1. The van der Waals surface area contributed by atoms with E-state index < -0.39 is 0 Å². The van der Waals surface area contributed by atoms with E-state index in [-0.39, 0.29) is 23.9 Å². The van der Waals surface area contributed by atoms with Crippen molar-refractivity contribution in [1.29, 1.82) is 0 Å². The molecule has 0 atom stereocenters. The van der Waals surface area contributed by atoms with Crippen molar-refractivity contribution in [2.45, 2.75) is 19.9 Å². The molecule has 3 aromatic heterocycles. The summed E-state index contributed by atoms with van der Waals surface area (Å²) in [6.45, 7) is 4.04. The lowest BCUT2D eigenvalue weighted by atomic mass is 10.2. The Labute approximate surface area is 197 Å². The number of hydrogen-bond donors (Lipinski definition) is 2. The van der Waals surface area contributed by atoms with Gasteiger partial charge in [-0.1, -0.05) is 6.92 Å². The van der Waals surface area contributed by atoms with E-state index in [0.29, 0.717) is 55.5 Å². The molecule has 182 valence electrons.